The molecule has 0 amide bonds. The van der Waals surface area contributed by atoms with E-state index in [0.717, 1.165) is 5.56 Å². The van der Waals surface area contributed by atoms with Crippen LogP contribution < -0.4 is 0 Å². The van der Waals surface area contributed by atoms with Crippen molar-refractivity contribution in [1.82, 2.24) is 15.1 Å². The van der Waals surface area contributed by atoms with Gasteiger partial charge < -0.3 is 4.52 Å². The Bertz CT molecular complexity index is 972. The summed E-state index contributed by atoms with van der Waals surface area (Å²) in [7, 11) is -2.52. The Morgan fingerprint density at radius 1 is 1.28 bits per heavy atom. The molecule has 0 aliphatic carbocycles. The summed E-state index contributed by atoms with van der Waals surface area (Å²) in [5, 5.41) is 3.32. The van der Waals surface area contributed by atoms with E-state index in [1.165, 1.54) is 23.8 Å². The van der Waals surface area contributed by atoms with Gasteiger partial charge in [-0.15, -0.1) is 11.3 Å². The van der Waals surface area contributed by atoms with E-state index in [1.54, 1.807) is 29.8 Å². The number of aromatic nitrogens is 3. The third-order valence-corrected chi connectivity index (χ3v) is 6.41. The zero-order valence-electron chi connectivity index (χ0n) is 12.7. The SMILES string of the molecule is CS(=O)(=NCc1ccc(-c2noc(C(F)(F)F)n2)cc1)c1cncs1. The maximum absolute atomic E-state index is 12.5. The van der Waals surface area contributed by atoms with Crippen LogP contribution in [-0.4, -0.2) is 25.6 Å². The van der Waals surface area contributed by atoms with Crippen LogP contribution in [0.1, 0.15) is 11.5 Å². The Morgan fingerprint density at radius 3 is 2.56 bits per heavy atom. The molecule has 0 aliphatic rings. The second kappa shape index (κ2) is 6.56. The molecule has 0 radical (unpaired) electrons. The number of rotatable bonds is 4. The van der Waals surface area contributed by atoms with Crippen LogP contribution in [0.15, 0.2) is 49.1 Å². The van der Waals surface area contributed by atoms with Gasteiger partial charge in [0.2, 0.25) is 5.82 Å². The molecule has 2 aromatic heterocycles. The van der Waals surface area contributed by atoms with Crippen molar-refractivity contribution in [3.8, 4) is 11.4 Å². The third kappa shape index (κ3) is 4.04. The molecule has 0 saturated carbocycles. The number of thiazole rings is 1. The van der Waals surface area contributed by atoms with Gasteiger partial charge in [0.25, 0.3) is 0 Å². The summed E-state index contributed by atoms with van der Waals surface area (Å²) in [4.78, 5) is 7.21. The second-order valence-electron chi connectivity index (χ2n) is 5.03. The molecule has 132 valence electrons. The fourth-order valence-electron chi connectivity index (χ4n) is 1.87. The average Bonchev–Trinajstić information content (AvgIpc) is 3.24. The lowest BCUT2D eigenvalue weighted by molar-refractivity contribution is -0.159. The zero-order chi connectivity index (χ0) is 18.1. The van der Waals surface area contributed by atoms with Crippen molar-refractivity contribution in [1.29, 1.82) is 0 Å². The first-order chi connectivity index (χ1) is 11.8. The topological polar surface area (TPSA) is 81.2 Å². The van der Waals surface area contributed by atoms with Crippen molar-refractivity contribution in [2.75, 3.05) is 6.26 Å². The smallest absolute Gasteiger partial charge is 0.329 e. The molecular formula is C14H11F3N4O2S2. The third-order valence-electron chi connectivity index (χ3n) is 3.16. The van der Waals surface area contributed by atoms with Crippen LogP contribution in [-0.2, 0) is 22.5 Å². The van der Waals surface area contributed by atoms with Gasteiger partial charge in [-0.2, -0.15) is 18.2 Å². The lowest BCUT2D eigenvalue weighted by Gasteiger charge is -2.02. The minimum absolute atomic E-state index is 0.153. The van der Waals surface area contributed by atoms with Gasteiger partial charge in [-0.3, -0.25) is 4.98 Å². The molecule has 0 aliphatic heterocycles. The summed E-state index contributed by atoms with van der Waals surface area (Å²) in [5.41, 5.74) is 2.72. The lowest BCUT2D eigenvalue weighted by Crippen LogP contribution is -2.04. The van der Waals surface area contributed by atoms with E-state index in [4.69, 9.17) is 0 Å². The van der Waals surface area contributed by atoms with E-state index in [2.05, 4.69) is 24.0 Å². The van der Waals surface area contributed by atoms with Gasteiger partial charge in [0.05, 0.1) is 28.0 Å². The average molecular weight is 388 g/mol. The van der Waals surface area contributed by atoms with Crippen LogP contribution in [0.5, 0.6) is 0 Å². The standard InChI is InChI=1S/C14H11F3N4O2S2/c1-25(22,11-7-18-8-24-11)19-6-9-2-4-10(5-3-9)12-20-13(23-21-12)14(15,16)17/h2-5,7-8H,6H2,1H3. The molecule has 6 nitrogen and oxygen atoms in total. The van der Waals surface area contributed by atoms with Gasteiger partial charge in [-0.25, -0.2) is 8.57 Å². The first-order valence-electron chi connectivity index (χ1n) is 6.82. The highest BCUT2D eigenvalue weighted by Gasteiger charge is 2.38. The molecule has 3 aromatic rings. The molecule has 2 heterocycles. The van der Waals surface area contributed by atoms with Crippen molar-refractivity contribution < 1.29 is 21.9 Å². The normalized spacial score (nSPS) is 14.2. The molecular weight excluding hydrogens is 377 g/mol. The van der Waals surface area contributed by atoms with Gasteiger partial charge in [-0.1, -0.05) is 29.4 Å². The van der Waals surface area contributed by atoms with Crippen molar-refractivity contribution in [2.45, 2.75) is 16.9 Å². The summed E-state index contributed by atoms with van der Waals surface area (Å²) >= 11 is 1.27. The Morgan fingerprint density at radius 2 is 2.00 bits per heavy atom. The molecule has 0 fully saturated rings. The molecule has 1 atom stereocenters. The first kappa shape index (κ1) is 17.5. The van der Waals surface area contributed by atoms with Crippen LogP contribution >= 0.6 is 11.3 Å². The molecule has 1 aromatic carbocycles. The fraction of sp³-hybridized carbons (Fsp3) is 0.214. The van der Waals surface area contributed by atoms with Crippen molar-refractivity contribution in [2.24, 2.45) is 4.36 Å². The van der Waals surface area contributed by atoms with Gasteiger partial charge in [0.1, 0.15) is 4.21 Å². The van der Waals surface area contributed by atoms with Crippen LogP contribution in [0.3, 0.4) is 0 Å². The molecule has 0 spiro atoms. The molecule has 11 heteroatoms. The quantitative estimate of drug-likeness (QED) is 0.678. The van der Waals surface area contributed by atoms with E-state index in [0.29, 0.717) is 9.77 Å². The number of hydrogen-bond acceptors (Lipinski definition) is 7. The van der Waals surface area contributed by atoms with Gasteiger partial charge in [-0.05, 0) is 5.56 Å². The van der Waals surface area contributed by atoms with Crippen LogP contribution in [0.4, 0.5) is 13.2 Å². The van der Waals surface area contributed by atoms with Crippen molar-refractivity contribution in [3.05, 3.63) is 47.4 Å². The highest BCUT2D eigenvalue weighted by Crippen LogP contribution is 2.29. The molecule has 25 heavy (non-hydrogen) atoms. The summed E-state index contributed by atoms with van der Waals surface area (Å²) in [6.07, 6.45) is -1.62. The van der Waals surface area contributed by atoms with E-state index in [-0.39, 0.29) is 12.4 Å². The van der Waals surface area contributed by atoms with Gasteiger partial charge in [0, 0.05) is 11.8 Å². The maximum atomic E-state index is 12.5. The number of halogens is 3. The number of hydrogen-bond donors (Lipinski definition) is 0. The number of nitrogens with zero attached hydrogens (tertiary/aromatic N) is 4. The summed E-state index contributed by atoms with van der Waals surface area (Å²) in [6, 6.07) is 6.43. The Labute approximate surface area is 144 Å². The minimum atomic E-state index is -4.68. The van der Waals surface area contributed by atoms with Crippen LogP contribution in [0.25, 0.3) is 11.4 Å². The largest absolute Gasteiger partial charge is 0.471 e. The van der Waals surface area contributed by atoms with Crippen molar-refractivity contribution >= 4 is 21.1 Å². The van der Waals surface area contributed by atoms with Crippen LogP contribution in [0, 0.1) is 0 Å². The number of benzene rings is 1. The summed E-state index contributed by atoms with van der Waals surface area (Å²) in [5.74, 6) is -1.54. The molecule has 0 saturated heterocycles. The second-order valence-corrected chi connectivity index (χ2v) is 8.48. The molecule has 0 N–H and O–H groups in total. The van der Waals surface area contributed by atoms with Gasteiger partial charge in [0.15, 0.2) is 0 Å². The lowest BCUT2D eigenvalue weighted by atomic mass is 10.1. The predicted molar refractivity (Wildman–Crippen MR) is 85.3 cm³/mol. The summed E-state index contributed by atoms with van der Waals surface area (Å²) < 4.78 is 58.9. The summed E-state index contributed by atoms with van der Waals surface area (Å²) in [6.45, 7) is 0.202. The number of alkyl halides is 3. The highest BCUT2D eigenvalue weighted by molar-refractivity contribution is 7.94. The monoisotopic (exact) mass is 388 g/mol. The van der Waals surface area contributed by atoms with Gasteiger partial charge >= 0.3 is 12.1 Å². The van der Waals surface area contributed by atoms with Crippen LogP contribution in [0.2, 0.25) is 0 Å². The Balaban J connectivity index is 1.77. The fourth-order valence-corrected chi connectivity index (χ4v) is 4.00. The zero-order valence-corrected chi connectivity index (χ0v) is 14.4. The minimum Gasteiger partial charge on any atom is -0.329 e. The first-order valence-corrected chi connectivity index (χ1v) is 9.63. The Kier molecular flexibility index (Phi) is 4.60. The van der Waals surface area contributed by atoms with E-state index >= 15 is 0 Å². The molecule has 0 bridgehead atoms. The van der Waals surface area contributed by atoms with E-state index in [9.17, 15) is 17.4 Å². The Hall–Kier alpha value is -2.27. The molecule has 1 unspecified atom stereocenters. The predicted octanol–water partition coefficient (Wildman–Crippen LogP) is 3.87. The van der Waals surface area contributed by atoms with E-state index < -0.39 is 21.8 Å². The molecule has 3 rings (SSSR count). The van der Waals surface area contributed by atoms with E-state index in [1.807, 2.05) is 0 Å². The highest BCUT2D eigenvalue weighted by atomic mass is 32.2. The maximum Gasteiger partial charge on any atom is 0.471 e. The van der Waals surface area contributed by atoms with Crippen molar-refractivity contribution in [3.63, 3.8) is 0 Å².